The van der Waals surface area contributed by atoms with Crippen molar-refractivity contribution in [1.29, 1.82) is 5.26 Å². The summed E-state index contributed by atoms with van der Waals surface area (Å²) in [4.78, 5) is 5.23. The largest absolute Gasteiger partial charge is 0.390 e. The van der Waals surface area contributed by atoms with Crippen molar-refractivity contribution in [2.75, 3.05) is 0 Å². The highest BCUT2D eigenvalue weighted by molar-refractivity contribution is 6.30. The summed E-state index contributed by atoms with van der Waals surface area (Å²) >= 11 is 6.09. The third-order valence-corrected chi connectivity index (χ3v) is 7.95. The van der Waals surface area contributed by atoms with Gasteiger partial charge in [-0.05, 0) is 80.4 Å². The lowest BCUT2D eigenvalue weighted by Gasteiger charge is -2.57. The van der Waals surface area contributed by atoms with Gasteiger partial charge in [0.05, 0.1) is 17.1 Å². The number of hydrogen-bond donors (Lipinski definition) is 2. The van der Waals surface area contributed by atoms with E-state index >= 15 is 0 Å². The molecule has 0 aliphatic heterocycles. The predicted octanol–water partition coefficient (Wildman–Crippen LogP) is 4.17. The smallest absolute Gasteiger partial charge is 0.182 e. The normalized spacial score (nSPS) is 38.9. The summed E-state index contributed by atoms with van der Waals surface area (Å²) in [7, 11) is 0. The van der Waals surface area contributed by atoms with Crippen LogP contribution < -0.4 is 5.32 Å². The molecule has 1 aromatic carbocycles. The number of benzene rings is 1. The lowest BCUT2D eigenvalue weighted by Crippen LogP contribution is -2.57. The Morgan fingerprint density at radius 3 is 2.33 bits per heavy atom. The molecule has 5 heteroatoms. The van der Waals surface area contributed by atoms with Gasteiger partial charge in [-0.15, -0.1) is 0 Å². The Balaban J connectivity index is 1.50. The molecule has 5 saturated carbocycles. The summed E-state index contributed by atoms with van der Waals surface area (Å²) in [6.07, 6.45) is 10.4. The van der Waals surface area contributed by atoms with Gasteiger partial charge in [0.2, 0.25) is 0 Å². The van der Waals surface area contributed by atoms with E-state index in [-0.39, 0.29) is 11.5 Å². The van der Waals surface area contributed by atoms with Gasteiger partial charge in [-0.3, -0.25) is 10.3 Å². The highest BCUT2D eigenvalue weighted by atomic mass is 35.5. The fraction of sp³-hybridized carbons (Fsp3) is 0.636. The Morgan fingerprint density at radius 1 is 1.15 bits per heavy atom. The molecule has 6 rings (SSSR count). The predicted molar refractivity (Wildman–Crippen MR) is 105 cm³/mol. The molecule has 5 aliphatic carbocycles. The van der Waals surface area contributed by atoms with E-state index in [0.717, 1.165) is 49.4 Å². The van der Waals surface area contributed by atoms with E-state index in [1.807, 2.05) is 12.1 Å². The highest BCUT2D eigenvalue weighted by Crippen LogP contribution is 2.57. The minimum absolute atomic E-state index is 0.189. The summed E-state index contributed by atoms with van der Waals surface area (Å²) in [5, 5.41) is 24.0. The molecule has 142 valence electrons. The fourth-order valence-corrected chi connectivity index (χ4v) is 6.73. The van der Waals surface area contributed by atoms with Crippen LogP contribution in [0.2, 0.25) is 5.02 Å². The number of aliphatic imine (C=N–C) groups is 1. The van der Waals surface area contributed by atoms with E-state index < -0.39 is 5.60 Å². The van der Waals surface area contributed by atoms with Crippen LogP contribution in [0, 0.1) is 29.2 Å². The van der Waals surface area contributed by atoms with Crippen LogP contribution in [-0.2, 0) is 5.41 Å². The van der Waals surface area contributed by atoms with Crippen molar-refractivity contribution in [1.82, 2.24) is 5.32 Å². The molecule has 2 unspecified atom stereocenters. The van der Waals surface area contributed by atoms with Crippen molar-refractivity contribution in [3.05, 3.63) is 34.9 Å². The van der Waals surface area contributed by atoms with Crippen LogP contribution in [0.4, 0.5) is 0 Å². The van der Waals surface area contributed by atoms with Crippen molar-refractivity contribution < 1.29 is 5.11 Å². The second-order valence-electron chi connectivity index (χ2n) is 9.34. The van der Waals surface area contributed by atoms with Crippen LogP contribution in [0.1, 0.15) is 56.9 Å². The molecule has 0 saturated heterocycles. The molecule has 2 N–H and O–H groups in total. The number of aliphatic hydroxyl groups is 1. The fourth-order valence-electron chi connectivity index (χ4n) is 6.60. The molecule has 5 fully saturated rings. The number of nitrogens with one attached hydrogen (secondary N) is 1. The van der Waals surface area contributed by atoms with Gasteiger partial charge in [0, 0.05) is 5.02 Å². The number of halogens is 1. The van der Waals surface area contributed by atoms with Crippen molar-refractivity contribution in [2.45, 2.75) is 68.4 Å². The maximum absolute atomic E-state index is 10.9. The lowest BCUT2D eigenvalue weighted by atomic mass is 9.52. The van der Waals surface area contributed by atoms with Crippen LogP contribution in [-0.4, -0.2) is 22.6 Å². The minimum Gasteiger partial charge on any atom is -0.390 e. The molecule has 0 aromatic heterocycles. The average Bonchev–Trinajstić information content (AvgIpc) is 2.57. The topological polar surface area (TPSA) is 68.4 Å². The van der Waals surface area contributed by atoms with E-state index in [0.29, 0.717) is 17.8 Å². The minimum atomic E-state index is -0.449. The summed E-state index contributed by atoms with van der Waals surface area (Å²) in [6.45, 7) is 0. The molecule has 27 heavy (non-hydrogen) atoms. The van der Waals surface area contributed by atoms with Gasteiger partial charge >= 0.3 is 0 Å². The second-order valence-corrected chi connectivity index (χ2v) is 9.78. The number of rotatable bonds is 3. The van der Waals surface area contributed by atoms with E-state index in [1.54, 1.807) is 0 Å². The molecule has 0 heterocycles. The van der Waals surface area contributed by atoms with Gasteiger partial charge in [-0.1, -0.05) is 30.2 Å². The lowest BCUT2D eigenvalue weighted by molar-refractivity contribution is -0.132. The van der Waals surface area contributed by atoms with E-state index in [4.69, 9.17) is 16.6 Å². The van der Waals surface area contributed by atoms with Gasteiger partial charge in [0.15, 0.2) is 6.19 Å². The summed E-state index contributed by atoms with van der Waals surface area (Å²) in [5.41, 5.74) is 0.559. The molecule has 2 atom stereocenters. The van der Waals surface area contributed by atoms with Crippen LogP contribution >= 0.6 is 11.6 Å². The Labute approximate surface area is 165 Å². The Bertz CT molecular complexity index is 792. The van der Waals surface area contributed by atoms with Gasteiger partial charge < -0.3 is 5.11 Å². The zero-order valence-electron chi connectivity index (χ0n) is 15.5. The van der Waals surface area contributed by atoms with Crippen LogP contribution in [0.25, 0.3) is 0 Å². The number of nitrogens with zero attached hydrogens (tertiary/aromatic N) is 2. The summed E-state index contributed by atoms with van der Waals surface area (Å²) < 4.78 is 0. The first-order valence-electron chi connectivity index (χ1n) is 10.2. The number of hydrogen-bond acceptors (Lipinski definition) is 3. The van der Waals surface area contributed by atoms with Crippen LogP contribution in [0.15, 0.2) is 29.3 Å². The third kappa shape index (κ3) is 2.79. The van der Waals surface area contributed by atoms with Crippen LogP contribution in [0.5, 0.6) is 0 Å². The first-order chi connectivity index (χ1) is 13.0. The summed E-state index contributed by atoms with van der Waals surface area (Å²) in [6, 6.07) is 8.26. The first kappa shape index (κ1) is 17.5. The second kappa shape index (κ2) is 6.22. The highest BCUT2D eigenvalue weighted by Gasteiger charge is 2.55. The van der Waals surface area contributed by atoms with Crippen molar-refractivity contribution in [3.63, 3.8) is 0 Å². The molecule has 4 bridgehead atoms. The van der Waals surface area contributed by atoms with Gasteiger partial charge in [0.25, 0.3) is 0 Å². The molecule has 5 aliphatic rings. The first-order valence-corrected chi connectivity index (χ1v) is 10.6. The molecular weight excluding hydrogens is 358 g/mol. The zero-order valence-corrected chi connectivity index (χ0v) is 16.3. The standard InChI is InChI=1S/C22H26ClN3O/c23-18-4-2-17(3-5-18)22(6-1-7-22)20(25-13-24)26-19-15-8-14-9-16(19)12-21(27,10-14)11-15/h2-5,14-16,19,27H,1,6-12H2,(H,25,26). The number of amidine groups is 1. The molecule has 0 spiro atoms. The van der Waals surface area contributed by atoms with Crippen molar-refractivity contribution >= 4 is 17.4 Å². The quantitative estimate of drug-likeness (QED) is 0.356. The van der Waals surface area contributed by atoms with Gasteiger partial charge in [-0.25, -0.2) is 0 Å². The van der Waals surface area contributed by atoms with E-state index in [9.17, 15) is 10.4 Å². The molecule has 0 amide bonds. The summed E-state index contributed by atoms with van der Waals surface area (Å²) in [5.74, 6) is 2.42. The average molecular weight is 384 g/mol. The van der Waals surface area contributed by atoms with Gasteiger partial charge in [-0.2, -0.15) is 5.26 Å². The Hall–Kier alpha value is -1.57. The Morgan fingerprint density at radius 2 is 1.81 bits per heavy atom. The van der Waals surface area contributed by atoms with Crippen molar-refractivity contribution in [3.8, 4) is 6.19 Å². The van der Waals surface area contributed by atoms with Gasteiger partial charge in [0.1, 0.15) is 5.84 Å². The maximum atomic E-state index is 10.9. The molecular formula is C22H26ClN3O. The molecule has 4 nitrogen and oxygen atoms in total. The molecule has 1 aromatic rings. The third-order valence-electron chi connectivity index (χ3n) is 7.70. The monoisotopic (exact) mass is 383 g/mol. The van der Waals surface area contributed by atoms with Crippen LogP contribution in [0.3, 0.4) is 0 Å². The number of nitriles is 1. The SMILES string of the molecule is N#CNC(=NC1C2CC3CC1CC(O)(C3)C2)C1(c2ccc(Cl)cc2)CCC1. The van der Waals surface area contributed by atoms with E-state index in [1.165, 1.54) is 18.4 Å². The molecule has 0 radical (unpaired) electrons. The zero-order chi connectivity index (χ0) is 18.6. The van der Waals surface area contributed by atoms with E-state index in [2.05, 4.69) is 23.6 Å². The maximum Gasteiger partial charge on any atom is 0.182 e. The van der Waals surface area contributed by atoms with Crippen molar-refractivity contribution in [2.24, 2.45) is 22.7 Å². The Kier molecular flexibility index (Phi) is 4.04.